The van der Waals surface area contributed by atoms with E-state index in [-0.39, 0.29) is 24.1 Å². The molecule has 0 spiro atoms. The molecular formula is C22H25FN2O2. The van der Waals surface area contributed by atoms with Gasteiger partial charge in [0.1, 0.15) is 11.6 Å². The molecule has 0 aliphatic heterocycles. The Morgan fingerprint density at radius 1 is 1.19 bits per heavy atom. The summed E-state index contributed by atoms with van der Waals surface area (Å²) >= 11 is 0. The van der Waals surface area contributed by atoms with Crippen LogP contribution >= 0.6 is 0 Å². The number of H-pyrrole nitrogens is 1. The van der Waals surface area contributed by atoms with E-state index in [0.29, 0.717) is 18.0 Å². The van der Waals surface area contributed by atoms with Crippen LogP contribution in [0.3, 0.4) is 0 Å². The van der Waals surface area contributed by atoms with Gasteiger partial charge in [0, 0.05) is 36.0 Å². The lowest BCUT2D eigenvalue weighted by atomic mass is 9.87. The van der Waals surface area contributed by atoms with Crippen LogP contribution in [0.4, 0.5) is 4.39 Å². The molecule has 4 nitrogen and oxygen atoms in total. The number of amides is 1. The average molecular weight is 368 g/mol. The third kappa shape index (κ3) is 4.30. The molecule has 2 N–H and O–H groups in total. The van der Waals surface area contributed by atoms with Crippen molar-refractivity contribution < 1.29 is 13.9 Å². The maximum atomic E-state index is 14.6. The molecule has 5 heteroatoms. The van der Waals surface area contributed by atoms with Crippen molar-refractivity contribution in [3.8, 4) is 5.75 Å². The summed E-state index contributed by atoms with van der Waals surface area (Å²) in [4.78, 5) is 15.8. The van der Waals surface area contributed by atoms with Gasteiger partial charge in [-0.3, -0.25) is 4.79 Å². The van der Waals surface area contributed by atoms with E-state index in [1.54, 1.807) is 25.3 Å². The molecule has 0 saturated heterocycles. The van der Waals surface area contributed by atoms with Crippen LogP contribution in [0.2, 0.25) is 0 Å². The second-order valence-corrected chi connectivity index (χ2v) is 7.13. The number of hydrogen-bond donors (Lipinski definition) is 2. The van der Waals surface area contributed by atoms with Crippen LogP contribution in [-0.4, -0.2) is 24.5 Å². The van der Waals surface area contributed by atoms with E-state index < -0.39 is 0 Å². The number of aromatic nitrogens is 1. The predicted molar refractivity (Wildman–Crippen MR) is 106 cm³/mol. The van der Waals surface area contributed by atoms with Gasteiger partial charge in [-0.2, -0.15) is 0 Å². The number of methoxy groups -OCH3 is 1. The summed E-state index contributed by atoms with van der Waals surface area (Å²) in [6, 6.07) is 12.4. The third-order valence-corrected chi connectivity index (χ3v) is 4.67. The van der Waals surface area contributed by atoms with Gasteiger partial charge in [-0.15, -0.1) is 0 Å². The zero-order valence-corrected chi connectivity index (χ0v) is 15.9. The quantitative estimate of drug-likeness (QED) is 0.640. The van der Waals surface area contributed by atoms with Crippen molar-refractivity contribution in [1.29, 1.82) is 0 Å². The lowest BCUT2D eigenvalue weighted by Gasteiger charge is -2.18. The molecule has 0 fully saturated rings. The van der Waals surface area contributed by atoms with Crippen LogP contribution < -0.4 is 10.1 Å². The highest BCUT2D eigenvalue weighted by atomic mass is 19.1. The third-order valence-electron chi connectivity index (χ3n) is 4.67. The smallest absolute Gasteiger partial charge is 0.220 e. The number of ether oxygens (including phenoxy) is 1. The zero-order chi connectivity index (χ0) is 19.4. The largest absolute Gasteiger partial charge is 0.497 e. The van der Waals surface area contributed by atoms with E-state index in [0.717, 1.165) is 22.2 Å². The van der Waals surface area contributed by atoms with E-state index in [2.05, 4.69) is 10.3 Å². The molecule has 0 aliphatic carbocycles. The molecule has 1 heterocycles. The minimum absolute atomic E-state index is 0.0887. The summed E-state index contributed by atoms with van der Waals surface area (Å²) in [6.45, 7) is 4.69. The molecule has 0 saturated carbocycles. The first-order chi connectivity index (χ1) is 13.0. The van der Waals surface area contributed by atoms with E-state index in [1.807, 2.05) is 38.2 Å². The Labute approximate surface area is 158 Å². The first-order valence-electron chi connectivity index (χ1n) is 9.15. The van der Waals surface area contributed by atoms with Crippen molar-refractivity contribution in [3.63, 3.8) is 0 Å². The Morgan fingerprint density at radius 2 is 1.96 bits per heavy atom. The van der Waals surface area contributed by atoms with Crippen LogP contribution in [-0.2, 0) is 4.79 Å². The van der Waals surface area contributed by atoms with E-state index in [1.165, 1.54) is 6.07 Å². The Balaban J connectivity index is 2.02. The number of nitrogens with one attached hydrogen (secondary N) is 2. The number of halogens is 1. The maximum Gasteiger partial charge on any atom is 0.220 e. The van der Waals surface area contributed by atoms with Crippen LogP contribution in [0, 0.1) is 11.7 Å². The van der Waals surface area contributed by atoms with Crippen molar-refractivity contribution in [3.05, 3.63) is 65.6 Å². The standard InChI is InChI=1S/C22H25FN2O2/c1-14(2)12-25-22(26)11-17(16-6-4-5-7-20(16)23)19-13-24-21-9-8-15(27-3)10-18(19)21/h4-10,13-14,17,24H,11-12H2,1-3H3,(H,25,26)/t17-/m1/s1. The molecule has 27 heavy (non-hydrogen) atoms. The highest BCUT2D eigenvalue weighted by Crippen LogP contribution is 2.36. The highest BCUT2D eigenvalue weighted by molar-refractivity contribution is 5.87. The van der Waals surface area contributed by atoms with Crippen molar-refractivity contribution in [2.45, 2.75) is 26.2 Å². The van der Waals surface area contributed by atoms with Crippen LogP contribution in [0.15, 0.2) is 48.7 Å². The second-order valence-electron chi connectivity index (χ2n) is 7.13. The fraction of sp³-hybridized carbons (Fsp3) is 0.318. The normalized spacial score (nSPS) is 12.3. The number of fused-ring (bicyclic) bond motifs is 1. The van der Waals surface area contributed by atoms with Crippen molar-refractivity contribution >= 4 is 16.8 Å². The molecule has 1 amide bonds. The first-order valence-corrected chi connectivity index (χ1v) is 9.15. The van der Waals surface area contributed by atoms with Gasteiger partial charge in [0.15, 0.2) is 0 Å². The molecular weight excluding hydrogens is 343 g/mol. The number of carbonyl (C=O) groups is 1. The Morgan fingerprint density at radius 3 is 2.67 bits per heavy atom. The Bertz CT molecular complexity index is 933. The number of rotatable bonds is 7. The van der Waals surface area contributed by atoms with E-state index >= 15 is 0 Å². The summed E-state index contributed by atoms with van der Waals surface area (Å²) in [5.41, 5.74) is 2.32. The number of benzene rings is 2. The minimum atomic E-state index is -0.390. The molecule has 3 rings (SSSR count). The maximum absolute atomic E-state index is 14.6. The van der Waals surface area contributed by atoms with Gasteiger partial charge in [-0.05, 0) is 41.3 Å². The van der Waals surface area contributed by atoms with Gasteiger partial charge in [-0.25, -0.2) is 4.39 Å². The number of aromatic amines is 1. The number of hydrogen-bond acceptors (Lipinski definition) is 2. The lowest BCUT2D eigenvalue weighted by molar-refractivity contribution is -0.121. The van der Waals surface area contributed by atoms with Crippen LogP contribution in [0.1, 0.15) is 37.3 Å². The van der Waals surface area contributed by atoms with Crippen molar-refractivity contribution in [2.75, 3.05) is 13.7 Å². The Kier molecular flexibility index (Phi) is 5.79. The molecule has 0 aliphatic rings. The van der Waals surface area contributed by atoms with Gasteiger partial charge in [0.25, 0.3) is 0 Å². The van der Waals surface area contributed by atoms with Crippen molar-refractivity contribution in [2.24, 2.45) is 5.92 Å². The van der Waals surface area contributed by atoms with Crippen LogP contribution in [0.25, 0.3) is 10.9 Å². The fourth-order valence-electron chi connectivity index (χ4n) is 3.26. The molecule has 3 aromatic rings. The van der Waals surface area contributed by atoms with Crippen molar-refractivity contribution in [1.82, 2.24) is 10.3 Å². The fourth-order valence-corrected chi connectivity index (χ4v) is 3.26. The summed E-state index contributed by atoms with van der Waals surface area (Å²) < 4.78 is 19.9. The van der Waals surface area contributed by atoms with Gasteiger partial charge >= 0.3 is 0 Å². The molecule has 0 unspecified atom stereocenters. The summed E-state index contributed by atoms with van der Waals surface area (Å²) in [7, 11) is 1.61. The van der Waals surface area contributed by atoms with Gasteiger partial charge in [0.05, 0.1) is 7.11 Å². The Hall–Kier alpha value is -2.82. The van der Waals surface area contributed by atoms with Gasteiger partial charge < -0.3 is 15.0 Å². The molecule has 0 bridgehead atoms. The molecule has 1 atom stereocenters. The molecule has 1 aromatic heterocycles. The molecule has 142 valence electrons. The minimum Gasteiger partial charge on any atom is -0.497 e. The summed E-state index contributed by atoms with van der Waals surface area (Å²) in [6.07, 6.45) is 2.04. The van der Waals surface area contributed by atoms with Gasteiger partial charge in [-0.1, -0.05) is 32.0 Å². The first kappa shape index (κ1) is 19.0. The van der Waals surface area contributed by atoms with E-state index in [9.17, 15) is 9.18 Å². The lowest BCUT2D eigenvalue weighted by Crippen LogP contribution is -2.29. The van der Waals surface area contributed by atoms with E-state index in [4.69, 9.17) is 4.74 Å². The second kappa shape index (κ2) is 8.25. The zero-order valence-electron chi connectivity index (χ0n) is 15.9. The predicted octanol–water partition coefficient (Wildman–Crippen LogP) is 4.61. The van der Waals surface area contributed by atoms with Gasteiger partial charge in [0.2, 0.25) is 5.91 Å². The molecule has 0 radical (unpaired) electrons. The average Bonchev–Trinajstić information content (AvgIpc) is 3.08. The number of carbonyl (C=O) groups excluding carboxylic acids is 1. The molecule has 2 aromatic carbocycles. The summed E-state index contributed by atoms with van der Waals surface area (Å²) in [5.74, 6) is 0.294. The SMILES string of the molecule is COc1ccc2[nH]cc([C@H](CC(=O)NCC(C)C)c3ccccc3F)c2c1. The highest BCUT2D eigenvalue weighted by Gasteiger charge is 2.24. The topological polar surface area (TPSA) is 54.1 Å². The van der Waals surface area contributed by atoms with Crippen LogP contribution in [0.5, 0.6) is 5.75 Å². The monoisotopic (exact) mass is 368 g/mol. The summed E-state index contributed by atoms with van der Waals surface area (Å²) in [5, 5.41) is 3.87.